The molecule has 1 saturated carbocycles. The lowest BCUT2D eigenvalue weighted by atomic mass is 9.94. The van der Waals surface area contributed by atoms with Gasteiger partial charge in [0.1, 0.15) is 6.17 Å². The second kappa shape index (κ2) is 3.90. The van der Waals surface area contributed by atoms with Crippen molar-refractivity contribution in [3.63, 3.8) is 0 Å². The molecule has 0 spiro atoms. The third-order valence-electron chi connectivity index (χ3n) is 2.74. The Bertz CT molecular complexity index is 324. The van der Waals surface area contributed by atoms with Crippen molar-refractivity contribution in [2.24, 2.45) is 0 Å². The summed E-state index contributed by atoms with van der Waals surface area (Å²) in [5.41, 5.74) is 0.516. The second-order valence-corrected chi connectivity index (χ2v) is 3.74. The Balaban J connectivity index is 2.16. The Kier molecular flexibility index (Phi) is 2.61. The smallest absolute Gasteiger partial charge is 0.153 e. The fourth-order valence-electron chi connectivity index (χ4n) is 1.96. The Hall–Kier alpha value is -1.19. The van der Waals surface area contributed by atoms with Gasteiger partial charge in [0.05, 0.1) is 17.8 Å². The molecule has 0 radical (unpaired) electrons. The summed E-state index contributed by atoms with van der Waals surface area (Å²) in [4.78, 5) is 10.4. The van der Waals surface area contributed by atoms with Crippen molar-refractivity contribution in [2.45, 2.75) is 37.9 Å². The van der Waals surface area contributed by atoms with Crippen LogP contribution in [0.5, 0.6) is 0 Å². The van der Waals surface area contributed by atoms with E-state index < -0.39 is 6.17 Å². The van der Waals surface area contributed by atoms with E-state index >= 15 is 0 Å². The van der Waals surface area contributed by atoms with Crippen LogP contribution in [0.2, 0.25) is 0 Å². The summed E-state index contributed by atoms with van der Waals surface area (Å²) in [7, 11) is 0. The van der Waals surface area contributed by atoms with Crippen LogP contribution in [0.25, 0.3) is 0 Å². The van der Waals surface area contributed by atoms with Crippen LogP contribution in [0.1, 0.15) is 42.1 Å². The molecule has 2 unspecified atom stereocenters. The first-order valence-electron chi connectivity index (χ1n) is 4.94. The van der Waals surface area contributed by atoms with E-state index in [1.807, 2.05) is 0 Å². The third kappa shape index (κ3) is 1.69. The zero-order valence-electron chi connectivity index (χ0n) is 7.90. The molecule has 2 rings (SSSR count). The standard InChI is InChI=1S/C10H13FN2O/c11-9-3-1-2-4-10(9)13-6-8(7-14)5-12-13/h5-7,9-10H,1-4H2. The average molecular weight is 196 g/mol. The third-order valence-corrected chi connectivity index (χ3v) is 2.74. The topological polar surface area (TPSA) is 34.9 Å². The molecule has 1 aromatic rings. The second-order valence-electron chi connectivity index (χ2n) is 3.74. The van der Waals surface area contributed by atoms with E-state index in [9.17, 15) is 9.18 Å². The lowest BCUT2D eigenvalue weighted by Gasteiger charge is -2.25. The van der Waals surface area contributed by atoms with Gasteiger partial charge in [-0.3, -0.25) is 9.48 Å². The van der Waals surface area contributed by atoms with Gasteiger partial charge in [-0.1, -0.05) is 12.8 Å². The molecule has 1 aliphatic carbocycles. The van der Waals surface area contributed by atoms with Crippen molar-refractivity contribution in [1.29, 1.82) is 0 Å². The molecule has 0 bridgehead atoms. The summed E-state index contributed by atoms with van der Waals surface area (Å²) in [6, 6.07) is -0.169. The van der Waals surface area contributed by atoms with Crippen molar-refractivity contribution < 1.29 is 9.18 Å². The number of hydrogen-bond donors (Lipinski definition) is 0. The molecule has 1 fully saturated rings. The van der Waals surface area contributed by atoms with E-state index in [0.29, 0.717) is 12.0 Å². The molecule has 76 valence electrons. The number of rotatable bonds is 2. The van der Waals surface area contributed by atoms with Crippen LogP contribution >= 0.6 is 0 Å². The first-order valence-corrected chi connectivity index (χ1v) is 4.94. The number of halogens is 1. The Morgan fingerprint density at radius 1 is 1.50 bits per heavy atom. The van der Waals surface area contributed by atoms with E-state index in [-0.39, 0.29) is 6.04 Å². The highest BCUT2D eigenvalue weighted by Gasteiger charge is 2.26. The predicted molar refractivity (Wildman–Crippen MR) is 50.0 cm³/mol. The minimum Gasteiger partial charge on any atom is -0.298 e. The molecule has 2 atom stereocenters. The highest BCUT2D eigenvalue weighted by atomic mass is 19.1. The molecule has 0 N–H and O–H groups in total. The molecule has 1 heterocycles. The summed E-state index contributed by atoms with van der Waals surface area (Å²) in [6.45, 7) is 0. The van der Waals surface area contributed by atoms with Crippen molar-refractivity contribution >= 4 is 6.29 Å². The normalized spacial score (nSPS) is 27.5. The maximum atomic E-state index is 13.5. The van der Waals surface area contributed by atoms with Crippen molar-refractivity contribution in [3.05, 3.63) is 18.0 Å². The first-order chi connectivity index (χ1) is 6.81. The maximum absolute atomic E-state index is 13.5. The quantitative estimate of drug-likeness (QED) is 0.679. The first kappa shape index (κ1) is 9.37. The van der Waals surface area contributed by atoms with Crippen LogP contribution in [0, 0.1) is 0 Å². The highest BCUT2D eigenvalue weighted by Crippen LogP contribution is 2.30. The maximum Gasteiger partial charge on any atom is 0.153 e. The van der Waals surface area contributed by atoms with E-state index in [0.717, 1.165) is 25.5 Å². The average Bonchev–Trinajstić information content (AvgIpc) is 2.67. The van der Waals surface area contributed by atoms with Gasteiger partial charge in [-0.2, -0.15) is 5.10 Å². The van der Waals surface area contributed by atoms with Crippen LogP contribution < -0.4 is 0 Å². The van der Waals surface area contributed by atoms with Gasteiger partial charge in [0.15, 0.2) is 6.29 Å². The van der Waals surface area contributed by atoms with Crippen LogP contribution in [0.4, 0.5) is 4.39 Å². The molecular formula is C10H13FN2O. The summed E-state index contributed by atoms with van der Waals surface area (Å²) in [6.07, 6.45) is 6.45. The minimum atomic E-state index is -0.817. The molecule has 0 amide bonds. The number of hydrogen-bond acceptors (Lipinski definition) is 2. The van der Waals surface area contributed by atoms with E-state index in [1.165, 1.54) is 6.20 Å². The molecule has 14 heavy (non-hydrogen) atoms. The zero-order chi connectivity index (χ0) is 9.97. The summed E-state index contributed by atoms with van der Waals surface area (Å²) in [5, 5.41) is 4.01. The van der Waals surface area contributed by atoms with E-state index in [1.54, 1.807) is 10.9 Å². The number of aromatic nitrogens is 2. The van der Waals surface area contributed by atoms with Crippen molar-refractivity contribution in [3.8, 4) is 0 Å². The van der Waals surface area contributed by atoms with Gasteiger partial charge in [-0.05, 0) is 12.8 Å². The van der Waals surface area contributed by atoms with E-state index in [4.69, 9.17) is 0 Å². The largest absolute Gasteiger partial charge is 0.298 e. The molecule has 0 saturated heterocycles. The molecule has 3 nitrogen and oxygen atoms in total. The Morgan fingerprint density at radius 3 is 2.93 bits per heavy atom. The molecule has 0 aromatic carbocycles. The van der Waals surface area contributed by atoms with Gasteiger partial charge in [-0.25, -0.2) is 4.39 Å². The minimum absolute atomic E-state index is 0.169. The van der Waals surface area contributed by atoms with Gasteiger partial charge >= 0.3 is 0 Å². The van der Waals surface area contributed by atoms with Crippen molar-refractivity contribution in [1.82, 2.24) is 9.78 Å². The van der Waals surface area contributed by atoms with Gasteiger partial charge in [0.2, 0.25) is 0 Å². The molecular weight excluding hydrogens is 183 g/mol. The number of carbonyl (C=O) groups excluding carboxylic acids is 1. The lowest BCUT2D eigenvalue weighted by Crippen LogP contribution is -2.24. The number of aldehydes is 1. The van der Waals surface area contributed by atoms with Crippen LogP contribution in [0.3, 0.4) is 0 Å². The van der Waals surface area contributed by atoms with Gasteiger partial charge in [0, 0.05) is 6.20 Å². The lowest BCUT2D eigenvalue weighted by molar-refractivity contribution is 0.112. The SMILES string of the molecule is O=Cc1cnn(C2CCCCC2F)c1. The highest BCUT2D eigenvalue weighted by molar-refractivity contribution is 5.73. The number of alkyl halides is 1. The van der Waals surface area contributed by atoms with Gasteiger partial charge in [-0.15, -0.1) is 0 Å². The van der Waals surface area contributed by atoms with Crippen LogP contribution in [-0.2, 0) is 0 Å². The number of carbonyl (C=O) groups is 1. The fraction of sp³-hybridized carbons (Fsp3) is 0.600. The summed E-state index contributed by atoms with van der Waals surface area (Å²) < 4.78 is 15.1. The van der Waals surface area contributed by atoms with Gasteiger partial charge in [0.25, 0.3) is 0 Å². The van der Waals surface area contributed by atoms with Crippen LogP contribution in [-0.4, -0.2) is 22.2 Å². The molecule has 0 aliphatic heterocycles. The summed E-state index contributed by atoms with van der Waals surface area (Å²) >= 11 is 0. The zero-order valence-corrected chi connectivity index (χ0v) is 7.90. The van der Waals surface area contributed by atoms with Gasteiger partial charge < -0.3 is 0 Å². The van der Waals surface area contributed by atoms with E-state index in [2.05, 4.69) is 5.10 Å². The molecule has 4 heteroatoms. The monoisotopic (exact) mass is 196 g/mol. The van der Waals surface area contributed by atoms with Crippen molar-refractivity contribution in [2.75, 3.05) is 0 Å². The number of nitrogens with zero attached hydrogens (tertiary/aromatic N) is 2. The Labute approximate surface area is 81.9 Å². The van der Waals surface area contributed by atoms with Crippen LogP contribution in [0.15, 0.2) is 12.4 Å². The fourth-order valence-corrected chi connectivity index (χ4v) is 1.96. The Morgan fingerprint density at radius 2 is 2.29 bits per heavy atom. The molecule has 1 aliphatic rings. The summed E-state index contributed by atoms with van der Waals surface area (Å²) in [5.74, 6) is 0. The molecule has 1 aromatic heterocycles. The predicted octanol–water partition coefficient (Wildman–Crippen LogP) is 2.15.